The number of rotatable bonds is 4. The van der Waals surface area contributed by atoms with Crippen LogP contribution in [0.1, 0.15) is 22.0 Å². The zero-order chi connectivity index (χ0) is 16.4. The lowest BCUT2D eigenvalue weighted by molar-refractivity contribution is -0.156. The Balaban J connectivity index is 2.54. The molecule has 1 aromatic heterocycles. The highest BCUT2D eigenvalue weighted by Gasteiger charge is 2.27. The molecule has 1 aromatic carbocycles. The molecule has 2 atom stereocenters. The number of ether oxygens (including phenoxy) is 1. The molecule has 0 radical (unpaired) electrons. The van der Waals surface area contributed by atoms with Crippen LogP contribution >= 0.6 is 0 Å². The van der Waals surface area contributed by atoms with Gasteiger partial charge in [0.05, 0.1) is 7.11 Å². The second-order valence-corrected chi connectivity index (χ2v) is 4.55. The molecule has 0 aliphatic carbocycles. The largest absolute Gasteiger partial charge is 0.477 e. The molecular weight excluding hydrogens is 294 g/mol. The monoisotopic (exact) mass is 307 g/mol. The van der Waals surface area contributed by atoms with Gasteiger partial charge < -0.3 is 25.0 Å². The number of aromatic nitrogens is 1. The van der Waals surface area contributed by atoms with Crippen molar-refractivity contribution in [2.24, 2.45) is 0 Å². The maximum absolute atomic E-state index is 12.1. The Morgan fingerprint density at radius 2 is 1.95 bits per heavy atom. The van der Waals surface area contributed by atoms with Gasteiger partial charge in [-0.15, -0.1) is 0 Å². The highest BCUT2D eigenvalue weighted by molar-refractivity contribution is 5.92. The van der Waals surface area contributed by atoms with E-state index in [-0.39, 0.29) is 10.9 Å². The number of aliphatic hydroxyl groups is 2. The van der Waals surface area contributed by atoms with Gasteiger partial charge in [-0.05, 0) is 17.7 Å². The summed E-state index contributed by atoms with van der Waals surface area (Å²) in [7, 11) is 1.06. The van der Waals surface area contributed by atoms with Crippen LogP contribution in [-0.2, 0) is 9.53 Å². The minimum absolute atomic E-state index is 0.0218. The molecule has 0 aliphatic rings. The van der Waals surface area contributed by atoms with E-state index in [1.165, 1.54) is 18.2 Å². The maximum atomic E-state index is 12.1. The molecule has 0 spiro atoms. The number of aromatic carboxylic acids is 1. The smallest absolute Gasteiger partial charge is 0.341 e. The Bertz CT molecular complexity index is 795. The van der Waals surface area contributed by atoms with Gasteiger partial charge in [0.15, 0.2) is 6.10 Å². The van der Waals surface area contributed by atoms with Gasteiger partial charge in [0, 0.05) is 17.1 Å². The van der Waals surface area contributed by atoms with E-state index in [9.17, 15) is 24.6 Å². The quantitative estimate of drug-likeness (QED) is 0.574. The number of carboxylic acid groups (broad SMARTS) is 1. The third-order valence-electron chi connectivity index (χ3n) is 3.22. The standard InChI is InChI=1S/C14H13NO7/c1-22-14(21)12(18)10(16)6-2-3-9-7(4-6)11(17)8(5-15-9)13(19)20/h2-5,10,12,16,18H,1H3,(H,15,17)(H,19,20). The number of fused-ring (bicyclic) bond motifs is 1. The number of carboxylic acids is 1. The number of pyridine rings is 1. The van der Waals surface area contributed by atoms with Crippen LogP contribution < -0.4 is 5.43 Å². The molecule has 8 heteroatoms. The van der Waals surface area contributed by atoms with E-state index < -0.39 is 35.1 Å². The first-order valence-electron chi connectivity index (χ1n) is 6.19. The van der Waals surface area contributed by atoms with Gasteiger partial charge in [-0.25, -0.2) is 9.59 Å². The van der Waals surface area contributed by atoms with Crippen molar-refractivity contribution in [1.82, 2.24) is 4.98 Å². The Morgan fingerprint density at radius 3 is 2.55 bits per heavy atom. The number of hydrogen-bond acceptors (Lipinski definition) is 6. The number of benzene rings is 1. The average molecular weight is 307 g/mol. The van der Waals surface area contributed by atoms with Crippen molar-refractivity contribution in [2.75, 3.05) is 7.11 Å². The number of nitrogens with one attached hydrogen (secondary N) is 1. The fourth-order valence-corrected chi connectivity index (χ4v) is 2.01. The van der Waals surface area contributed by atoms with Gasteiger partial charge in [0.25, 0.3) is 0 Å². The van der Waals surface area contributed by atoms with Crippen LogP contribution in [0.4, 0.5) is 0 Å². The van der Waals surface area contributed by atoms with Gasteiger partial charge in [-0.1, -0.05) is 6.07 Å². The number of aliphatic hydroxyl groups excluding tert-OH is 2. The SMILES string of the molecule is COC(=O)C(O)C(O)c1ccc2[nH]cc(C(=O)O)c(=O)c2c1. The van der Waals surface area contributed by atoms with Crippen LogP contribution in [0.5, 0.6) is 0 Å². The van der Waals surface area contributed by atoms with E-state index in [0.717, 1.165) is 13.3 Å². The molecule has 4 N–H and O–H groups in total. The van der Waals surface area contributed by atoms with E-state index in [4.69, 9.17) is 5.11 Å². The van der Waals surface area contributed by atoms with Crippen LogP contribution in [0.25, 0.3) is 10.9 Å². The summed E-state index contributed by atoms with van der Waals surface area (Å²) >= 11 is 0. The van der Waals surface area contributed by atoms with Crippen molar-refractivity contribution >= 4 is 22.8 Å². The summed E-state index contributed by atoms with van der Waals surface area (Å²) < 4.78 is 4.32. The maximum Gasteiger partial charge on any atom is 0.341 e. The summed E-state index contributed by atoms with van der Waals surface area (Å²) in [5, 5.41) is 28.5. The third-order valence-corrected chi connectivity index (χ3v) is 3.22. The zero-order valence-electron chi connectivity index (χ0n) is 11.4. The van der Waals surface area contributed by atoms with E-state index in [2.05, 4.69) is 9.72 Å². The second-order valence-electron chi connectivity index (χ2n) is 4.55. The van der Waals surface area contributed by atoms with E-state index in [1.54, 1.807) is 0 Å². The molecule has 0 saturated heterocycles. The predicted molar refractivity (Wildman–Crippen MR) is 74.5 cm³/mol. The van der Waals surface area contributed by atoms with Gasteiger partial charge in [-0.3, -0.25) is 4.79 Å². The molecule has 0 fully saturated rings. The van der Waals surface area contributed by atoms with Crippen molar-refractivity contribution < 1.29 is 29.6 Å². The Kier molecular flexibility index (Phi) is 4.25. The van der Waals surface area contributed by atoms with Crippen LogP contribution in [-0.4, -0.2) is 45.5 Å². The molecule has 2 unspecified atom stereocenters. The Morgan fingerprint density at radius 1 is 1.27 bits per heavy atom. The van der Waals surface area contributed by atoms with E-state index in [1.807, 2.05) is 0 Å². The fraction of sp³-hybridized carbons (Fsp3) is 0.214. The average Bonchev–Trinajstić information content (AvgIpc) is 2.52. The van der Waals surface area contributed by atoms with Crippen molar-refractivity contribution in [3.63, 3.8) is 0 Å². The minimum atomic E-state index is -1.82. The molecule has 0 amide bonds. The minimum Gasteiger partial charge on any atom is -0.477 e. The second kappa shape index (κ2) is 5.96. The summed E-state index contributed by atoms with van der Waals surface area (Å²) in [4.78, 5) is 36.9. The summed E-state index contributed by atoms with van der Waals surface area (Å²) in [6, 6.07) is 4.05. The number of carbonyl (C=O) groups excluding carboxylic acids is 1. The normalized spacial score (nSPS) is 13.6. The molecule has 22 heavy (non-hydrogen) atoms. The topological polar surface area (TPSA) is 137 Å². The molecule has 2 rings (SSSR count). The molecule has 1 heterocycles. The highest BCUT2D eigenvalue weighted by Crippen LogP contribution is 2.21. The van der Waals surface area contributed by atoms with Crippen molar-refractivity contribution in [3.05, 3.63) is 45.7 Å². The van der Waals surface area contributed by atoms with Gasteiger partial charge >= 0.3 is 11.9 Å². The van der Waals surface area contributed by atoms with Crippen LogP contribution in [0.2, 0.25) is 0 Å². The van der Waals surface area contributed by atoms with Gasteiger partial charge in [0.2, 0.25) is 5.43 Å². The van der Waals surface area contributed by atoms with Crippen LogP contribution in [0, 0.1) is 0 Å². The molecule has 0 saturated carbocycles. The van der Waals surface area contributed by atoms with Crippen molar-refractivity contribution in [3.8, 4) is 0 Å². The summed E-state index contributed by atoms with van der Waals surface area (Å²) in [6.07, 6.45) is -2.35. The zero-order valence-corrected chi connectivity index (χ0v) is 11.4. The van der Waals surface area contributed by atoms with Crippen LogP contribution in [0.15, 0.2) is 29.2 Å². The molecule has 8 nitrogen and oxygen atoms in total. The van der Waals surface area contributed by atoms with E-state index in [0.29, 0.717) is 5.52 Å². The number of aromatic amines is 1. The van der Waals surface area contributed by atoms with Crippen LogP contribution in [0.3, 0.4) is 0 Å². The molecule has 0 aliphatic heterocycles. The lowest BCUT2D eigenvalue weighted by atomic mass is 10.0. The number of carbonyl (C=O) groups is 2. The molecule has 116 valence electrons. The molecule has 0 bridgehead atoms. The van der Waals surface area contributed by atoms with Gasteiger partial charge in [-0.2, -0.15) is 0 Å². The summed E-state index contributed by atoms with van der Waals surface area (Å²) in [6.45, 7) is 0. The molecule has 2 aromatic rings. The highest BCUT2D eigenvalue weighted by atomic mass is 16.5. The first-order valence-corrected chi connectivity index (χ1v) is 6.19. The Labute approximate surface area is 123 Å². The predicted octanol–water partition coefficient (Wildman–Crippen LogP) is -0.206. The van der Waals surface area contributed by atoms with Gasteiger partial charge in [0.1, 0.15) is 11.7 Å². The first kappa shape index (κ1) is 15.7. The third kappa shape index (κ3) is 2.69. The number of H-pyrrole nitrogens is 1. The lowest BCUT2D eigenvalue weighted by Gasteiger charge is -2.16. The number of esters is 1. The van der Waals surface area contributed by atoms with E-state index >= 15 is 0 Å². The summed E-state index contributed by atoms with van der Waals surface area (Å²) in [5.41, 5.74) is -0.743. The number of methoxy groups -OCH3 is 1. The summed E-state index contributed by atoms with van der Waals surface area (Å²) in [5.74, 6) is -2.41. The lowest BCUT2D eigenvalue weighted by Crippen LogP contribution is -2.29. The number of hydrogen-bond donors (Lipinski definition) is 4. The van der Waals surface area contributed by atoms with Crippen molar-refractivity contribution in [1.29, 1.82) is 0 Å². The molecular formula is C14H13NO7. The fourth-order valence-electron chi connectivity index (χ4n) is 2.01. The van der Waals surface area contributed by atoms with Crippen molar-refractivity contribution in [2.45, 2.75) is 12.2 Å². The first-order chi connectivity index (χ1) is 10.4. The Hall–Kier alpha value is -2.71.